The molecule has 0 aromatic heterocycles. The highest BCUT2D eigenvalue weighted by Gasteiger charge is 2.40. The molecule has 2 aromatic carbocycles. The van der Waals surface area contributed by atoms with E-state index in [4.69, 9.17) is 13.6 Å². The average molecular weight is 453 g/mol. The summed E-state index contributed by atoms with van der Waals surface area (Å²) in [5, 5.41) is 2.22. The molecule has 0 aliphatic carbocycles. The summed E-state index contributed by atoms with van der Waals surface area (Å²) in [4.78, 5) is 40.5. The molecule has 2 fully saturated rings. The summed E-state index contributed by atoms with van der Waals surface area (Å²) in [7, 11) is 0. The minimum absolute atomic E-state index is 0.00182. The van der Waals surface area contributed by atoms with Crippen molar-refractivity contribution in [3.05, 3.63) is 64.7 Å². The zero-order valence-corrected chi connectivity index (χ0v) is 18.1. The molecule has 5 rings (SSSR count). The summed E-state index contributed by atoms with van der Waals surface area (Å²) in [6.07, 6.45) is 0.190. The summed E-state index contributed by atoms with van der Waals surface area (Å²) in [5.74, 6) is -1.62. The highest BCUT2D eigenvalue weighted by molar-refractivity contribution is 6.05. The van der Waals surface area contributed by atoms with Crippen molar-refractivity contribution >= 4 is 17.7 Å². The number of piperidine rings is 1. The largest absolute Gasteiger partial charge is 0.489 e. The van der Waals surface area contributed by atoms with E-state index in [1.807, 2.05) is 24.3 Å². The Kier molecular flexibility index (Phi) is 5.15. The molecule has 172 valence electrons. The zero-order chi connectivity index (χ0) is 25.4. The number of benzene rings is 2. The predicted octanol–water partition coefficient (Wildman–Crippen LogP) is 1.86. The van der Waals surface area contributed by atoms with Crippen LogP contribution in [0.25, 0.3) is 0 Å². The summed E-state index contributed by atoms with van der Waals surface area (Å²) in [5.41, 5.74) is 2.26. The van der Waals surface area contributed by atoms with Crippen LogP contribution in [0.4, 0.5) is 0 Å². The maximum atomic E-state index is 13.2. The fourth-order valence-corrected chi connectivity index (χ4v) is 4.29. The number of fused-ring (bicyclic) bond motifs is 1. The second-order valence-corrected chi connectivity index (χ2v) is 8.37. The molecule has 2 aromatic rings. The number of carbonyl (C=O) groups is 3. The minimum atomic E-state index is -1.29. The first kappa shape index (κ1) is 18.2. The lowest BCUT2D eigenvalue weighted by atomic mass is 10.0. The number of amides is 3. The van der Waals surface area contributed by atoms with E-state index < -0.39 is 30.3 Å². The number of imide groups is 1. The second-order valence-electron chi connectivity index (χ2n) is 8.37. The van der Waals surface area contributed by atoms with Crippen molar-refractivity contribution < 1.29 is 28.0 Å². The molecule has 33 heavy (non-hydrogen) atoms. The Labute approximate surface area is 196 Å². The lowest BCUT2D eigenvalue weighted by molar-refractivity contribution is -0.136. The Morgan fingerprint density at radius 3 is 2.64 bits per heavy atom. The molecule has 0 saturated carbocycles. The third-order valence-electron chi connectivity index (χ3n) is 6.13. The van der Waals surface area contributed by atoms with Gasteiger partial charge in [-0.3, -0.25) is 24.6 Å². The van der Waals surface area contributed by atoms with Gasteiger partial charge in [0.2, 0.25) is 11.8 Å². The fraction of sp³-hybridized carbons (Fsp3) is 0.400. The summed E-state index contributed by atoms with van der Waals surface area (Å²) in [6.45, 7) is 2.91. The van der Waals surface area contributed by atoms with Crippen molar-refractivity contribution in [2.45, 2.75) is 38.6 Å². The molecule has 2 saturated heterocycles. The number of carbonyl (C=O) groups excluding carboxylic acids is 3. The quantitative estimate of drug-likeness (QED) is 0.674. The van der Waals surface area contributed by atoms with Gasteiger partial charge in [-0.15, -0.1) is 0 Å². The van der Waals surface area contributed by atoms with Gasteiger partial charge in [0, 0.05) is 37.2 Å². The van der Waals surface area contributed by atoms with Crippen LogP contribution in [0.5, 0.6) is 5.75 Å². The first-order chi connectivity index (χ1) is 17.3. The third kappa shape index (κ3) is 4.62. The Morgan fingerprint density at radius 2 is 1.88 bits per heavy atom. The van der Waals surface area contributed by atoms with E-state index in [0.717, 1.165) is 48.9 Å². The van der Waals surface area contributed by atoms with E-state index >= 15 is 0 Å². The van der Waals surface area contributed by atoms with Gasteiger partial charge in [-0.05, 0) is 29.7 Å². The molecule has 2 atom stereocenters. The third-order valence-corrected chi connectivity index (χ3v) is 6.13. The number of nitrogens with one attached hydrogen (secondary N) is 1. The van der Waals surface area contributed by atoms with Crippen molar-refractivity contribution in [1.82, 2.24) is 15.1 Å². The summed E-state index contributed by atoms with van der Waals surface area (Å²) >= 11 is 0. The Bertz CT molecular complexity index is 1200. The monoisotopic (exact) mass is 452 g/mol. The van der Waals surface area contributed by atoms with Crippen LogP contribution < -0.4 is 10.1 Å². The molecule has 3 amide bonds. The smallest absolute Gasteiger partial charge is 0.255 e. The van der Waals surface area contributed by atoms with Crippen molar-refractivity contribution in [2.75, 3.05) is 26.3 Å². The minimum Gasteiger partial charge on any atom is -0.489 e. The Morgan fingerprint density at radius 1 is 1.12 bits per heavy atom. The van der Waals surface area contributed by atoms with Crippen LogP contribution >= 0.6 is 0 Å². The van der Waals surface area contributed by atoms with Crippen molar-refractivity contribution in [2.24, 2.45) is 0 Å². The highest BCUT2D eigenvalue weighted by atomic mass is 16.5. The molecule has 0 radical (unpaired) electrons. The van der Waals surface area contributed by atoms with Crippen LogP contribution in [0.15, 0.2) is 42.4 Å². The Hall–Kier alpha value is -3.23. The van der Waals surface area contributed by atoms with Crippen LogP contribution in [0.1, 0.15) is 44.0 Å². The molecule has 8 heteroatoms. The lowest BCUT2D eigenvalue weighted by Crippen LogP contribution is -2.52. The number of nitrogens with zero attached hydrogens (tertiary/aromatic N) is 2. The average Bonchev–Trinajstić information content (AvgIpc) is 3.10. The van der Waals surface area contributed by atoms with E-state index in [-0.39, 0.29) is 48.4 Å². The summed E-state index contributed by atoms with van der Waals surface area (Å²) < 4.78 is 36.6. The van der Waals surface area contributed by atoms with Gasteiger partial charge in [-0.1, -0.05) is 30.3 Å². The van der Waals surface area contributed by atoms with Gasteiger partial charge >= 0.3 is 0 Å². The topological polar surface area (TPSA) is 88.2 Å². The first-order valence-corrected chi connectivity index (χ1v) is 11.1. The van der Waals surface area contributed by atoms with Gasteiger partial charge < -0.3 is 14.4 Å². The summed E-state index contributed by atoms with van der Waals surface area (Å²) in [6, 6.07) is 7.77. The van der Waals surface area contributed by atoms with Crippen LogP contribution in [-0.2, 0) is 34.0 Å². The van der Waals surface area contributed by atoms with E-state index in [2.05, 4.69) is 10.2 Å². The van der Waals surface area contributed by atoms with E-state index in [1.165, 1.54) is 6.07 Å². The molecule has 3 aliphatic heterocycles. The highest BCUT2D eigenvalue weighted by Crippen LogP contribution is 2.34. The van der Waals surface area contributed by atoms with E-state index in [9.17, 15) is 14.4 Å². The van der Waals surface area contributed by atoms with E-state index in [0.29, 0.717) is 0 Å². The molecule has 0 bridgehead atoms. The molecular weight excluding hydrogens is 422 g/mol. The van der Waals surface area contributed by atoms with Crippen molar-refractivity contribution in [3.63, 3.8) is 0 Å². The van der Waals surface area contributed by atoms with Crippen LogP contribution in [0.3, 0.4) is 0 Å². The van der Waals surface area contributed by atoms with E-state index in [1.54, 1.807) is 0 Å². The number of rotatable bonds is 6. The van der Waals surface area contributed by atoms with Gasteiger partial charge in [0.1, 0.15) is 18.4 Å². The van der Waals surface area contributed by atoms with Gasteiger partial charge in [-0.25, -0.2) is 0 Å². The molecule has 3 aliphatic rings. The normalized spacial score (nSPS) is 24.7. The Balaban J connectivity index is 1.34. The van der Waals surface area contributed by atoms with Crippen LogP contribution in [-0.4, -0.2) is 59.9 Å². The zero-order valence-electron chi connectivity index (χ0n) is 21.1. The fourth-order valence-electron chi connectivity index (χ4n) is 4.29. The number of hydrogen-bond donors (Lipinski definition) is 1. The van der Waals surface area contributed by atoms with Crippen molar-refractivity contribution in [3.8, 4) is 5.75 Å². The second kappa shape index (κ2) is 9.33. The molecule has 0 spiro atoms. The van der Waals surface area contributed by atoms with Gasteiger partial charge in [0.15, 0.2) is 0 Å². The number of ether oxygens (including phenoxy) is 2. The molecule has 3 heterocycles. The number of morpholine rings is 1. The van der Waals surface area contributed by atoms with Gasteiger partial charge in [0.25, 0.3) is 5.91 Å². The van der Waals surface area contributed by atoms with Crippen molar-refractivity contribution in [1.29, 1.82) is 0 Å². The lowest BCUT2D eigenvalue weighted by Gasteiger charge is -2.29. The standard InChI is InChI=1S/C25H27N3O5/c29-23-9-8-21(24(30)26-23)28-15-20-19(25(28)31)2-1-3-22(20)33-16-18-6-4-17(5-7-18)14-27-10-12-32-13-11-27/h1-7,21H,8-16H2,(H,26,29,30)/i1D,3D,15D. The molecule has 8 nitrogen and oxygen atoms in total. The van der Waals surface area contributed by atoms with Gasteiger partial charge in [0.05, 0.1) is 23.8 Å². The maximum absolute atomic E-state index is 13.2. The maximum Gasteiger partial charge on any atom is 0.255 e. The first-order valence-electron chi connectivity index (χ1n) is 12.6. The SMILES string of the molecule is [2H]c1cc2c(c(OCc3ccc(CN4CCOCC4)cc3)c1[2H])C([2H])N(C1CCC(=O)NC1=O)C2=O. The predicted molar refractivity (Wildman–Crippen MR) is 119 cm³/mol. The molecule has 2 unspecified atom stereocenters. The number of hydrogen-bond acceptors (Lipinski definition) is 6. The van der Waals surface area contributed by atoms with Crippen LogP contribution in [0.2, 0.25) is 0 Å². The molecular formula is C25H27N3O5. The molecule has 1 N–H and O–H groups in total. The van der Waals surface area contributed by atoms with Gasteiger partial charge in [-0.2, -0.15) is 0 Å². The van der Waals surface area contributed by atoms with Crippen LogP contribution in [0, 0.1) is 0 Å².